The molecule has 2 aromatic heterocycles. The molecule has 5 rings (SSSR count). The second-order valence-electron chi connectivity index (χ2n) is 11.3. The summed E-state index contributed by atoms with van der Waals surface area (Å²) in [4.78, 5) is 31.0. The first-order valence-corrected chi connectivity index (χ1v) is 15.6. The van der Waals surface area contributed by atoms with Crippen molar-refractivity contribution in [2.75, 3.05) is 13.2 Å². The molecule has 1 fully saturated rings. The molecular weight excluding hydrogens is 577 g/mol. The van der Waals surface area contributed by atoms with Crippen molar-refractivity contribution in [3.8, 4) is 17.2 Å². The average molecular weight is 616 g/mol. The molecule has 45 heavy (non-hydrogen) atoms. The third-order valence-electron chi connectivity index (χ3n) is 8.40. The molecule has 0 radical (unpaired) electrons. The standard InChI is InChI=1S/C34H38FN5O5/c1-3-7-30-28(18-23-11-10-22(19-29(23)35)27-9-6-5-8-24(27)20-36)32(42)39(34-37-21-38-40(30)34)25-12-14-26(15-13-25)45-31(16-17-41)33(43)44-4-2/h5-6,8-11,19,21,25-26,31,41H,3-4,7,12-18H2,1-2H3/t25-,26-,31?. The van der Waals surface area contributed by atoms with Crippen LogP contribution in [0, 0.1) is 17.1 Å². The van der Waals surface area contributed by atoms with Crippen molar-refractivity contribution in [3.63, 3.8) is 0 Å². The lowest BCUT2D eigenvalue weighted by molar-refractivity contribution is -0.163. The van der Waals surface area contributed by atoms with Gasteiger partial charge >= 0.3 is 5.97 Å². The minimum atomic E-state index is -0.836. The van der Waals surface area contributed by atoms with E-state index in [0.717, 1.165) is 6.42 Å². The normalized spacial score (nSPS) is 17.2. The maximum absolute atomic E-state index is 15.6. The third kappa shape index (κ3) is 6.82. The fraction of sp³-hybridized carbons (Fsp3) is 0.441. The summed E-state index contributed by atoms with van der Waals surface area (Å²) in [6.45, 7) is 3.78. The summed E-state index contributed by atoms with van der Waals surface area (Å²) in [5.41, 5.74) is 3.04. The Morgan fingerprint density at radius 2 is 1.96 bits per heavy atom. The minimum Gasteiger partial charge on any atom is -0.464 e. The molecule has 2 aromatic carbocycles. The van der Waals surface area contributed by atoms with Crippen LogP contribution in [0.4, 0.5) is 4.39 Å². The van der Waals surface area contributed by atoms with E-state index < -0.39 is 17.9 Å². The summed E-state index contributed by atoms with van der Waals surface area (Å²) in [6.07, 6.45) is 4.36. The second kappa shape index (κ2) is 14.6. The van der Waals surface area contributed by atoms with Gasteiger partial charge in [0.25, 0.3) is 5.56 Å². The molecule has 2 heterocycles. The average Bonchev–Trinajstić information content (AvgIpc) is 3.53. The van der Waals surface area contributed by atoms with E-state index in [-0.39, 0.29) is 43.8 Å². The Labute approximate surface area is 261 Å². The van der Waals surface area contributed by atoms with Crippen LogP contribution in [0.5, 0.6) is 0 Å². The van der Waals surface area contributed by atoms with Crippen LogP contribution < -0.4 is 5.56 Å². The van der Waals surface area contributed by atoms with Gasteiger partial charge in [0, 0.05) is 31.1 Å². The molecule has 0 bridgehead atoms. The lowest BCUT2D eigenvalue weighted by atomic mass is 9.92. The SMILES string of the molecule is CCCc1c(Cc2ccc(-c3ccccc3C#N)cc2F)c(=O)n([C@H]2CC[C@H](OC(CCO)C(=O)OCC)CC2)c2ncnn12. The van der Waals surface area contributed by atoms with E-state index in [4.69, 9.17) is 9.47 Å². The number of halogens is 1. The molecule has 1 atom stereocenters. The van der Waals surface area contributed by atoms with E-state index in [9.17, 15) is 20.0 Å². The van der Waals surface area contributed by atoms with Gasteiger partial charge in [0.2, 0.25) is 5.78 Å². The van der Waals surface area contributed by atoms with Crippen molar-refractivity contribution in [3.05, 3.63) is 87.3 Å². The second-order valence-corrected chi connectivity index (χ2v) is 11.3. The number of esters is 1. The summed E-state index contributed by atoms with van der Waals surface area (Å²) in [5, 5.41) is 23.4. The first-order chi connectivity index (χ1) is 21.9. The van der Waals surface area contributed by atoms with Gasteiger partial charge in [-0.1, -0.05) is 43.7 Å². The Morgan fingerprint density at radius 1 is 1.18 bits per heavy atom. The van der Waals surface area contributed by atoms with Crippen LogP contribution >= 0.6 is 0 Å². The van der Waals surface area contributed by atoms with Gasteiger partial charge in [0.05, 0.1) is 30.0 Å². The number of carbonyl (C=O) groups is 1. The van der Waals surface area contributed by atoms with Crippen LogP contribution in [-0.4, -0.2) is 55.7 Å². The largest absolute Gasteiger partial charge is 0.464 e. The predicted molar refractivity (Wildman–Crippen MR) is 165 cm³/mol. The zero-order valence-corrected chi connectivity index (χ0v) is 25.6. The smallest absolute Gasteiger partial charge is 0.335 e. The maximum atomic E-state index is 15.6. The number of carbonyl (C=O) groups excluding carboxylic acids is 1. The van der Waals surface area contributed by atoms with Crippen LogP contribution in [-0.2, 0) is 27.1 Å². The van der Waals surface area contributed by atoms with E-state index in [1.165, 1.54) is 12.4 Å². The monoisotopic (exact) mass is 615 g/mol. The van der Waals surface area contributed by atoms with Crippen molar-refractivity contribution < 1.29 is 23.8 Å². The van der Waals surface area contributed by atoms with Gasteiger partial charge in [-0.05, 0) is 67.9 Å². The highest BCUT2D eigenvalue weighted by atomic mass is 19.1. The van der Waals surface area contributed by atoms with Crippen molar-refractivity contribution in [1.82, 2.24) is 19.2 Å². The lowest BCUT2D eigenvalue weighted by Gasteiger charge is -2.32. The number of aromatic nitrogens is 4. The fourth-order valence-electron chi connectivity index (χ4n) is 6.22. The molecule has 0 spiro atoms. The van der Waals surface area contributed by atoms with E-state index in [2.05, 4.69) is 16.2 Å². The zero-order chi connectivity index (χ0) is 31.9. The molecule has 1 aliphatic carbocycles. The Bertz CT molecular complexity index is 1750. The first kappa shape index (κ1) is 32.0. The number of aliphatic hydroxyl groups is 1. The molecular formula is C34H38FN5O5. The van der Waals surface area contributed by atoms with Crippen LogP contribution in [0.3, 0.4) is 0 Å². The molecule has 0 amide bonds. The maximum Gasteiger partial charge on any atom is 0.335 e. The van der Waals surface area contributed by atoms with Crippen molar-refractivity contribution in [2.45, 2.75) is 83.5 Å². The molecule has 4 aromatic rings. The number of aliphatic hydroxyl groups excluding tert-OH is 1. The minimum absolute atomic E-state index is 0.0802. The molecule has 1 N–H and O–H groups in total. The number of benzene rings is 2. The predicted octanol–water partition coefficient (Wildman–Crippen LogP) is 4.93. The van der Waals surface area contributed by atoms with Gasteiger partial charge in [-0.3, -0.25) is 9.36 Å². The van der Waals surface area contributed by atoms with Gasteiger partial charge < -0.3 is 14.6 Å². The summed E-state index contributed by atoms with van der Waals surface area (Å²) in [6, 6.07) is 13.9. The molecule has 1 saturated carbocycles. The van der Waals surface area contributed by atoms with E-state index in [1.54, 1.807) is 46.3 Å². The van der Waals surface area contributed by atoms with Crippen LogP contribution in [0.25, 0.3) is 16.9 Å². The molecule has 1 unspecified atom stereocenters. The molecule has 10 nitrogen and oxygen atoms in total. The summed E-state index contributed by atoms with van der Waals surface area (Å²) in [7, 11) is 0. The van der Waals surface area contributed by atoms with Crippen LogP contribution in [0.15, 0.2) is 53.6 Å². The number of nitriles is 1. The highest BCUT2D eigenvalue weighted by Gasteiger charge is 2.31. The number of hydrogen-bond donors (Lipinski definition) is 1. The number of aryl methyl sites for hydroxylation is 1. The topological polar surface area (TPSA) is 132 Å². The number of ether oxygens (including phenoxy) is 2. The number of nitrogens with zero attached hydrogens (tertiary/aromatic N) is 5. The van der Waals surface area contributed by atoms with E-state index in [1.807, 2.05) is 13.0 Å². The number of rotatable bonds is 12. The van der Waals surface area contributed by atoms with Gasteiger partial charge in [-0.15, -0.1) is 0 Å². The molecule has 0 saturated heterocycles. The summed E-state index contributed by atoms with van der Waals surface area (Å²) in [5.74, 6) is -0.491. The summed E-state index contributed by atoms with van der Waals surface area (Å²) < 4.78 is 30.2. The van der Waals surface area contributed by atoms with Crippen LogP contribution in [0.2, 0.25) is 0 Å². The highest BCUT2D eigenvalue weighted by Crippen LogP contribution is 2.32. The van der Waals surface area contributed by atoms with E-state index in [0.29, 0.717) is 71.4 Å². The Balaban J connectivity index is 1.44. The quantitative estimate of drug-likeness (QED) is 0.222. The van der Waals surface area contributed by atoms with Gasteiger partial charge in [-0.25, -0.2) is 13.7 Å². The fourth-order valence-corrected chi connectivity index (χ4v) is 6.22. The Morgan fingerprint density at radius 3 is 2.64 bits per heavy atom. The molecule has 0 aliphatic heterocycles. The third-order valence-corrected chi connectivity index (χ3v) is 8.40. The van der Waals surface area contributed by atoms with Gasteiger partial charge in [-0.2, -0.15) is 15.3 Å². The Kier molecular flexibility index (Phi) is 10.4. The summed E-state index contributed by atoms with van der Waals surface area (Å²) >= 11 is 0. The van der Waals surface area contributed by atoms with Gasteiger partial charge in [0.1, 0.15) is 12.1 Å². The Hall–Kier alpha value is -4.40. The van der Waals surface area contributed by atoms with E-state index >= 15 is 4.39 Å². The molecule has 11 heteroatoms. The lowest BCUT2D eigenvalue weighted by Crippen LogP contribution is -2.37. The number of fused-ring (bicyclic) bond motifs is 1. The highest BCUT2D eigenvalue weighted by molar-refractivity contribution is 5.74. The van der Waals surface area contributed by atoms with Gasteiger partial charge in [0.15, 0.2) is 6.10 Å². The first-order valence-electron chi connectivity index (χ1n) is 15.6. The number of hydrogen-bond acceptors (Lipinski definition) is 8. The molecule has 236 valence electrons. The van der Waals surface area contributed by atoms with Crippen LogP contribution in [0.1, 0.15) is 80.8 Å². The molecule has 1 aliphatic rings. The zero-order valence-electron chi connectivity index (χ0n) is 25.6. The van der Waals surface area contributed by atoms with Crippen molar-refractivity contribution in [2.24, 2.45) is 0 Å². The van der Waals surface area contributed by atoms with Crippen molar-refractivity contribution >= 4 is 11.7 Å². The van der Waals surface area contributed by atoms with Crippen molar-refractivity contribution in [1.29, 1.82) is 5.26 Å².